The van der Waals surface area contributed by atoms with Gasteiger partial charge in [0.1, 0.15) is 7.05 Å². The second-order valence-electron chi connectivity index (χ2n) is 7.46. The molecule has 0 amide bonds. The summed E-state index contributed by atoms with van der Waals surface area (Å²) in [6.07, 6.45) is 10.3. The van der Waals surface area contributed by atoms with Crippen LogP contribution in [-0.4, -0.2) is 0 Å². The van der Waals surface area contributed by atoms with Gasteiger partial charge in [-0.15, -0.1) is 0 Å². The molecule has 146 valence electrons. The number of nitrogen functional groups attached to an aromatic ring is 2. The van der Waals surface area contributed by atoms with E-state index in [1.807, 2.05) is 12.1 Å². The van der Waals surface area contributed by atoms with Gasteiger partial charge in [-0.05, 0) is 30.7 Å². The Morgan fingerprint density at radius 3 is 2.04 bits per heavy atom. The molecule has 0 radical (unpaired) electrons. The second kappa shape index (κ2) is 9.80. The van der Waals surface area contributed by atoms with Crippen LogP contribution in [0.2, 0.25) is 0 Å². The third-order valence-corrected chi connectivity index (χ3v) is 5.45. The monoisotopic (exact) mass is 385 g/mol. The molecule has 0 aliphatic rings. The van der Waals surface area contributed by atoms with Crippen LogP contribution in [-0.2, 0) is 13.5 Å². The van der Waals surface area contributed by atoms with Crippen molar-refractivity contribution in [1.29, 1.82) is 0 Å². The number of hydrogen-bond donors (Lipinski definition) is 2. The minimum absolute atomic E-state index is 0. The van der Waals surface area contributed by atoms with Gasteiger partial charge in [-0.1, -0.05) is 51.5 Å². The number of aryl methyl sites for hydroxylation is 2. The van der Waals surface area contributed by atoms with Crippen molar-refractivity contribution in [2.45, 2.75) is 58.3 Å². The van der Waals surface area contributed by atoms with Gasteiger partial charge < -0.3 is 23.9 Å². The van der Waals surface area contributed by atoms with Crippen LogP contribution in [0.1, 0.15) is 57.6 Å². The summed E-state index contributed by atoms with van der Waals surface area (Å²) >= 11 is 0. The number of unbranched alkanes of at least 4 members (excludes halogenated alkanes) is 6. The molecule has 3 nitrogen and oxygen atoms in total. The fourth-order valence-corrected chi connectivity index (χ4v) is 3.97. The zero-order valence-corrected chi connectivity index (χ0v) is 17.4. The third-order valence-electron chi connectivity index (χ3n) is 5.45. The Morgan fingerprint density at radius 1 is 0.741 bits per heavy atom. The van der Waals surface area contributed by atoms with Gasteiger partial charge in [0.15, 0.2) is 5.69 Å². The number of fused-ring (bicyclic) bond motifs is 3. The average Bonchev–Trinajstić information content (AvgIpc) is 2.63. The molecule has 27 heavy (non-hydrogen) atoms. The van der Waals surface area contributed by atoms with Crippen molar-refractivity contribution in [3.63, 3.8) is 0 Å². The lowest BCUT2D eigenvalue weighted by atomic mass is 9.99. The van der Waals surface area contributed by atoms with Crippen LogP contribution in [0.15, 0.2) is 36.4 Å². The van der Waals surface area contributed by atoms with Gasteiger partial charge in [-0.3, -0.25) is 0 Å². The highest BCUT2D eigenvalue weighted by atomic mass is 35.5. The van der Waals surface area contributed by atoms with Crippen molar-refractivity contribution in [2.24, 2.45) is 7.05 Å². The maximum absolute atomic E-state index is 6.10. The highest BCUT2D eigenvalue weighted by Crippen LogP contribution is 2.29. The summed E-state index contributed by atoms with van der Waals surface area (Å²) in [5.41, 5.74) is 16.4. The normalized spacial score (nSPS) is 11.0. The number of nitrogens with two attached hydrogens (primary N) is 2. The van der Waals surface area contributed by atoms with Gasteiger partial charge in [0, 0.05) is 29.2 Å². The van der Waals surface area contributed by atoms with Crippen LogP contribution >= 0.6 is 0 Å². The molecule has 0 aliphatic carbocycles. The third kappa shape index (κ3) is 4.84. The van der Waals surface area contributed by atoms with Crippen molar-refractivity contribution >= 4 is 33.1 Å². The number of nitrogens with zero attached hydrogens (tertiary/aromatic N) is 1. The molecular weight excluding hydrogens is 354 g/mol. The van der Waals surface area contributed by atoms with Gasteiger partial charge in [0.05, 0.1) is 10.8 Å². The standard InChI is InChI=1S/C23H31N3.ClH/c1-3-4-5-6-7-8-9-10-22-21-15-17(24)11-13-19(21)20-14-12-18(25)16-23(20)26(22)2;/h11-16,25H,3-10,24H2,1-2H3;1H. The zero-order valence-electron chi connectivity index (χ0n) is 16.6. The molecule has 3 rings (SSSR count). The van der Waals surface area contributed by atoms with Gasteiger partial charge >= 0.3 is 0 Å². The first-order valence-corrected chi connectivity index (χ1v) is 10.0. The molecule has 0 unspecified atom stereocenters. The predicted molar refractivity (Wildman–Crippen MR) is 113 cm³/mol. The number of hydrogen-bond acceptors (Lipinski definition) is 2. The highest BCUT2D eigenvalue weighted by molar-refractivity contribution is 6.06. The average molecular weight is 386 g/mol. The van der Waals surface area contributed by atoms with Crippen LogP contribution in [0, 0.1) is 0 Å². The van der Waals surface area contributed by atoms with E-state index in [2.05, 4.69) is 42.8 Å². The Morgan fingerprint density at radius 2 is 1.33 bits per heavy atom. The second-order valence-corrected chi connectivity index (χ2v) is 7.46. The van der Waals surface area contributed by atoms with E-state index in [0.717, 1.165) is 17.8 Å². The highest BCUT2D eigenvalue weighted by Gasteiger charge is 2.19. The van der Waals surface area contributed by atoms with Crippen LogP contribution in [0.4, 0.5) is 11.4 Å². The summed E-state index contributed by atoms with van der Waals surface area (Å²) in [6, 6.07) is 12.5. The summed E-state index contributed by atoms with van der Waals surface area (Å²) in [5.74, 6) is 0. The summed E-state index contributed by atoms with van der Waals surface area (Å²) < 4.78 is 2.31. The van der Waals surface area contributed by atoms with E-state index in [4.69, 9.17) is 11.5 Å². The molecule has 4 heteroatoms. The van der Waals surface area contributed by atoms with E-state index in [0.29, 0.717) is 0 Å². The molecule has 0 aliphatic heterocycles. The fraction of sp³-hybridized carbons (Fsp3) is 0.435. The minimum atomic E-state index is 0. The van der Waals surface area contributed by atoms with Crippen molar-refractivity contribution in [3.8, 4) is 0 Å². The molecule has 0 atom stereocenters. The molecule has 0 saturated heterocycles. The van der Waals surface area contributed by atoms with Gasteiger partial charge in [-0.25, -0.2) is 0 Å². The van der Waals surface area contributed by atoms with E-state index >= 15 is 0 Å². The first-order chi connectivity index (χ1) is 12.6. The first kappa shape index (κ1) is 21.3. The molecule has 4 N–H and O–H groups in total. The first-order valence-electron chi connectivity index (χ1n) is 10.0. The Bertz CT molecular complexity index is 905. The smallest absolute Gasteiger partial charge is 0.215 e. The Hall–Kier alpha value is -2.00. The molecule has 1 heterocycles. The molecule has 0 bridgehead atoms. The number of rotatable bonds is 8. The lowest BCUT2D eigenvalue weighted by molar-refractivity contribution is -0.651. The molecule has 1 aromatic heterocycles. The van der Waals surface area contributed by atoms with Crippen molar-refractivity contribution in [2.75, 3.05) is 11.5 Å². The topological polar surface area (TPSA) is 55.9 Å². The predicted octanol–water partition coefficient (Wildman–Crippen LogP) is 2.28. The van der Waals surface area contributed by atoms with Crippen LogP contribution < -0.4 is 28.4 Å². The summed E-state index contributed by atoms with van der Waals surface area (Å²) in [5, 5.41) is 3.78. The minimum Gasteiger partial charge on any atom is -1.00 e. The molecule has 0 fully saturated rings. The molecule has 2 aromatic carbocycles. The number of anilines is 2. The van der Waals surface area contributed by atoms with Crippen LogP contribution in [0.3, 0.4) is 0 Å². The fourth-order valence-electron chi connectivity index (χ4n) is 3.97. The summed E-state index contributed by atoms with van der Waals surface area (Å²) in [7, 11) is 2.15. The van der Waals surface area contributed by atoms with Crippen molar-refractivity contribution in [1.82, 2.24) is 0 Å². The van der Waals surface area contributed by atoms with Gasteiger partial charge in [0.25, 0.3) is 0 Å². The molecule has 0 spiro atoms. The summed E-state index contributed by atoms with van der Waals surface area (Å²) in [6.45, 7) is 2.27. The molecule has 0 saturated carbocycles. The van der Waals surface area contributed by atoms with Crippen molar-refractivity contribution in [3.05, 3.63) is 42.1 Å². The largest absolute Gasteiger partial charge is 1.00 e. The van der Waals surface area contributed by atoms with Crippen LogP contribution in [0.5, 0.6) is 0 Å². The number of benzene rings is 2. The quantitative estimate of drug-likeness (QED) is 0.270. The van der Waals surface area contributed by atoms with E-state index < -0.39 is 0 Å². The lowest BCUT2D eigenvalue weighted by Crippen LogP contribution is -3.00. The number of aromatic nitrogens is 1. The Kier molecular flexibility index (Phi) is 7.73. The van der Waals surface area contributed by atoms with E-state index in [1.54, 1.807) is 0 Å². The molecular formula is C23H32ClN3. The zero-order chi connectivity index (χ0) is 18.5. The van der Waals surface area contributed by atoms with E-state index in [9.17, 15) is 0 Å². The lowest BCUT2D eigenvalue weighted by Gasteiger charge is -2.10. The van der Waals surface area contributed by atoms with Crippen molar-refractivity contribution < 1.29 is 17.0 Å². The SMILES string of the molecule is CCCCCCCCCc1c2cc(N)ccc2c2ccc(N)cc2[n+]1C.[Cl-]. The number of pyridine rings is 1. The summed E-state index contributed by atoms with van der Waals surface area (Å²) in [4.78, 5) is 0. The van der Waals surface area contributed by atoms with Crippen LogP contribution in [0.25, 0.3) is 21.7 Å². The van der Waals surface area contributed by atoms with E-state index in [-0.39, 0.29) is 12.4 Å². The maximum atomic E-state index is 6.10. The Balaban J connectivity index is 0.00000261. The Labute approximate surface area is 169 Å². The van der Waals surface area contributed by atoms with Gasteiger partial charge in [0.2, 0.25) is 5.52 Å². The number of halogens is 1. The maximum Gasteiger partial charge on any atom is 0.215 e. The van der Waals surface area contributed by atoms with Gasteiger partial charge in [-0.2, -0.15) is 4.57 Å². The molecule has 3 aromatic rings. The van der Waals surface area contributed by atoms with E-state index in [1.165, 1.54) is 72.3 Å².